The summed E-state index contributed by atoms with van der Waals surface area (Å²) in [6.07, 6.45) is 0.830. The number of rotatable bonds is 5. The minimum Gasteiger partial charge on any atom is -0.444 e. The first kappa shape index (κ1) is 29.1. The molecular formula is C26H35Cl2N5O6. The fraction of sp³-hybridized carbons (Fsp3) is 0.615. The van der Waals surface area contributed by atoms with E-state index >= 15 is 0 Å². The molecule has 1 aliphatic heterocycles. The Hall–Kier alpha value is -2.92. The first-order valence-corrected chi connectivity index (χ1v) is 13.7. The Kier molecular flexibility index (Phi) is 7.88. The van der Waals surface area contributed by atoms with Crippen molar-refractivity contribution < 1.29 is 19.1 Å². The molecule has 1 aromatic heterocycles. The highest BCUT2D eigenvalue weighted by Gasteiger charge is 2.33. The number of hydrogen-bond donors (Lipinski definition) is 2. The van der Waals surface area contributed by atoms with Crippen molar-refractivity contribution >= 4 is 52.0 Å². The van der Waals surface area contributed by atoms with Crippen LogP contribution in [0.15, 0.2) is 15.7 Å². The Morgan fingerprint density at radius 1 is 1.00 bits per heavy atom. The van der Waals surface area contributed by atoms with Crippen LogP contribution < -0.4 is 26.9 Å². The molecule has 1 atom stereocenters. The van der Waals surface area contributed by atoms with E-state index in [-0.39, 0.29) is 32.9 Å². The van der Waals surface area contributed by atoms with Gasteiger partial charge in [-0.2, -0.15) is 4.68 Å². The van der Waals surface area contributed by atoms with Gasteiger partial charge in [0.15, 0.2) is 0 Å². The van der Waals surface area contributed by atoms with E-state index in [1.807, 2.05) is 4.90 Å². The van der Waals surface area contributed by atoms with Crippen LogP contribution in [0.1, 0.15) is 66.8 Å². The summed E-state index contributed by atoms with van der Waals surface area (Å²) < 4.78 is 12.6. The zero-order chi connectivity index (χ0) is 28.9. The lowest BCUT2D eigenvalue weighted by Gasteiger charge is -2.25. The van der Waals surface area contributed by atoms with Gasteiger partial charge in [-0.15, -0.1) is 0 Å². The van der Waals surface area contributed by atoms with Gasteiger partial charge in [0.1, 0.15) is 11.2 Å². The number of anilines is 1. The number of ether oxygens (including phenoxy) is 2. The molecule has 1 aromatic carbocycles. The average Bonchev–Trinajstić information content (AvgIpc) is 3.51. The molecule has 11 nitrogen and oxygen atoms in total. The molecule has 2 aromatic rings. The van der Waals surface area contributed by atoms with Gasteiger partial charge in [0, 0.05) is 25.7 Å². The largest absolute Gasteiger partial charge is 0.444 e. The van der Waals surface area contributed by atoms with Crippen LogP contribution in [0.3, 0.4) is 0 Å². The molecule has 13 heteroatoms. The van der Waals surface area contributed by atoms with Gasteiger partial charge in [-0.3, -0.25) is 9.36 Å². The molecule has 1 unspecified atom stereocenters. The normalized spacial score (nSPS) is 17.8. The Bertz CT molecular complexity index is 1420. The first-order chi connectivity index (χ1) is 18.1. The Labute approximate surface area is 236 Å². The molecule has 0 spiro atoms. The monoisotopic (exact) mass is 583 g/mol. The van der Waals surface area contributed by atoms with Crippen molar-refractivity contribution in [3.05, 3.63) is 36.9 Å². The summed E-state index contributed by atoms with van der Waals surface area (Å²) in [5.41, 5.74) is 0.203. The molecule has 1 saturated carbocycles. The number of aromatic nitrogens is 2. The van der Waals surface area contributed by atoms with Gasteiger partial charge in [0.25, 0.3) is 5.56 Å². The van der Waals surface area contributed by atoms with Crippen LogP contribution in [0.2, 0.25) is 10.0 Å². The van der Waals surface area contributed by atoms with Gasteiger partial charge in [-0.05, 0) is 72.8 Å². The van der Waals surface area contributed by atoms with Gasteiger partial charge in [-0.25, -0.2) is 19.8 Å². The number of nitrogens with zero attached hydrogens (tertiary/aromatic N) is 3. The third-order valence-corrected chi connectivity index (χ3v) is 6.94. The van der Waals surface area contributed by atoms with Crippen LogP contribution >= 0.6 is 23.2 Å². The number of carbonyl (C=O) groups is 2. The first-order valence-electron chi connectivity index (χ1n) is 13.0. The van der Waals surface area contributed by atoms with E-state index in [0.717, 1.165) is 19.3 Å². The van der Waals surface area contributed by atoms with Crippen molar-refractivity contribution in [1.82, 2.24) is 14.6 Å². The van der Waals surface area contributed by atoms with Crippen molar-refractivity contribution in [3.63, 3.8) is 0 Å². The molecule has 0 radical (unpaired) electrons. The van der Waals surface area contributed by atoms with Crippen LogP contribution in [0.4, 0.5) is 15.3 Å². The topological polar surface area (TPSA) is 124 Å². The van der Waals surface area contributed by atoms with E-state index < -0.39 is 34.6 Å². The number of amides is 2. The fourth-order valence-corrected chi connectivity index (χ4v) is 5.39. The van der Waals surface area contributed by atoms with Crippen molar-refractivity contribution in [2.24, 2.45) is 5.92 Å². The van der Waals surface area contributed by atoms with Crippen LogP contribution in [0.25, 0.3) is 10.9 Å². The highest BCUT2D eigenvalue weighted by atomic mass is 35.5. The SMILES string of the molecule is CC(C)(C)OC(=O)NCC1CCN(c2c(Cl)cc3c(=O)n(NC(=O)OC(C)(C)C)c(=O)n(C4CC4)c3c2Cl)C1. The zero-order valence-electron chi connectivity index (χ0n) is 23.0. The maximum Gasteiger partial charge on any atom is 0.427 e. The van der Waals surface area contributed by atoms with E-state index in [0.29, 0.717) is 30.0 Å². The molecule has 2 heterocycles. The summed E-state index contributed by atoms with van der Waals surface area (Å²) in [7, 11) is 0. The number of benzene rings is 1. The average molecular weight is 585 g/mol. The number of nitrogens with one attached hydrogen (secondary N) is 2. The number of hydrogen-bond acceptors (Lipinski definition) is 7. The van der Waals surface area contributed by atoms with E-state index in [2.05, 4.69) is 10.7 Å². The molecule has 2 fully saturated rings. The molecule has 214 valence electrons. The Morgan fingerprint density at radius 2 is 1.62 bits per heavy atom. The molecule has 39 heavy (non-hydrogen) atoms. The summed E-state index contributed by atoms with van der Waals surface area (Å²) in [6, 6.07) is 1.32. The van der Waals surface area contributed by atoms with E-state index in [4.69, 9.17) is 32.7 Å². The van der Waals surface area contributed by atoms with E-state index in [1.165, 1.54) is 10.6 Å². The Balaban J connectivity index is 1.66. The van der Waals surface area contributed by atoms with Gasteiger partial charge in [0.05, 0.1) is 26.6 Å². The number of carbonyl (C=O) groups excluding carboxylic acids is 2. The molecule has 1 aliphatic carbocycles. The predicted molar refractivity (Wildman–Crippen MR) is 151 cm³/mol. The van der Waals surface area contributed by atoms with Crippen molar-refractivity contribution in [2.45, 2.75) is 78.0 Å². The molecule has 2 amide bonds. The second kappa shape index (κ2) is 10.6. The Morgan fingerprint density at radius 3 is 2.21 bits per heavy atom. The highest BCUT2D eigenvalue weighted by Crippen LogP contribution is 2.43. The van der Waals surface area contributed by atoms with Crippen LogP contribution in [0, 0.1) is 5.92 Å². The summed E-state index contributed by atoms with van der Waals surface area (Å²) in [5, 5.41) is 3.36. The van der Waals surface area contributed by atoms with Gasteiger partial charge in [-0.1, -0.05) is 23.2 Å². The molecule has 0 bridgehead atoms. The van der Waals surface area contributed by atoms with Crippen molar-refractivity contribution in [3.8, 4) is 0 Å². The molecule has 2 N–H and O–H groups in total. The van der Waals surface area contributed by atoms with Crippen LogP contribution in [-0.4, -0.2) is 52.3 Å². The van der Waals surface area contributed by atoms with Crippen molar-refractivity contribution in [2.75, 3.05) is 30.0 Å². The third kappa shape index (κ3) is 6.63. The quantitative estimate of drug-likeness (QED) is 0.525. The smallest absolute Gasteiger partial charge is 0.427 e. The molecule has 1 saturated heterocycles. The fourth-order valence-electron chi connectivity index (χ4n) is 4.60. The second-order valence-electron chi connectivity index (χ2n) is 12.0. The third-order valence-electron chi connectivity index (χ3n) is 6.29. The number of halogens is 2. The number of alkyl carbamates (subject to hydrolysis) is 1. The summed E-state index contributed by atoms with van der Waals surface area (Å²) in [5.74, 6) is 0.122. The summed E-state index contributed by atoms with van der Waals surface area (Å²) in [4.78, 5) is 53.3. The lowest BCUT2D eigenvalue weighted by atomic mass is 10.1. The summed E-state index contributed by atoms with van der Waals surface area (Å²) in [6.45, 7) is 12.0. The maximum absolute atomic E-state index is 13.5. The maximum atomic E-state index is 13.5. The zero-order valence-corrected chi connectivity index (χ0v) is 24.5. The van der Waals surface area contributed by atoms with Gasteiger partial charge < -0.3 is 19.7 Å². The lowest BCUT2D eigenvalue weighted by Crippen LogP contribution is -2.47. The highest BCUT2D eigenvalue weighted by molar-refractivity contribution is 6.42. The van der Waals surface area contributed by atoms with E-state index in [9.17, 15) is 19.2 Å². The van der Waals surface area contributed by atoms with E-state index in [1.54, 1.807) is 41.5 Å². The van der Waals surface area contributed by atoms with Crippen molar-refractivity contribution in [1.29, 1.82) is 0 Å². The lowest BCUT2D eigenvalue weighted by molar-refractivity contribution is 0.0519. The second-order valence-corrected chi connectivity index (χ2v) is 12.8. The molecule has 4 rings (SSSR count). The van der Waals surface area contributed by atoms with Crippen LogP contribution in [-0.2, 0) is 9.47 Å². The van der Waals surface area contributed by atoms with Crippen LogP contribution in [0.5, 0.6) is 0 Å². The molecule has 2 aliphatic rings. The standard InChI is InChI=1S/C26H35Cl2N5O6/c1-25(2,3)38-22(35)29-12-14-9-10-31(13-14)20-17(27)11-16-19(18(20)28)32(15-7-8-15)24(37)33(21(16)34)30-23(36)39-26(4,5)6/h11,14-15H,7-10,12-13H2,1-6H3,(H,29,35)(H,30,36). The summed E-state index contributed by atoms with van der Waals surface area (Å²) >= 11 is 13.6. The predicted octanol–water partition coefficient (Wildman–Crippen LogP) is 4.63. The van der Waals surface area contributed by atoms with Gasteiger partial charge >= 0.3 is 17.9 Å². The van der Waals surface area contributed by atoms with Gasteiger partial charge in [0.2, 0.25) is 0 Å². The number of fused-ring (bicyclic) bond motifs is 1. The minimum absolute atomic E-state index is 0.110. The minimum atomic E-state index is -0.930. The molecular weight excluding hydrogens is 549 g/mol.